The molecule has 5 rings (SSSR count). The molecule has 2 aromatic heterocycles. The van der Waals surface area contributed by atoms with E-state index in [4.69, 9.17) is 21.1 Å². The molecule has 1 saturated heterocycles. The number of aromatic nitrogens is 3. The third-order valence-corrected chi connectivity index (χ3v) is 6.66. The van der Waals surface area contributed by atoms with Crippen molar-refractivity contribution in [2.75, 3.05) is 13.2 Å². The van der Waals surface area contributed by atoms with E-state index in [1.807, 2.05) is 48.5 Å². The molecule has 188 valence electrons. The van der Waals surface area contributed by atoms with Crippen LogP contribution in [0.1, 0.15) is 25.8 Å². The van der Waals surface area contributed by atoms with Crippen LogP contribution in [0.25, 0.3) is 33.5 Å². The van der Waals surface area contributed by atoms with Crippen molar-refractivity contribution in [1.29, 1.82) is 0 Å². The van der Waals surface area contributed by atoms with Crippen LogP contribution >= 0.6 is 11.6 Å². The highest BCUT2D eigenvalue weighted by Crippen LogP contribution is 2.32. The van der Waals surface area contributed by atoms with E-state index < -0.39 is 23.9 Å². The first-order chi connectivity index (χ1) is 17.2. The van der Waals surface area contributed by atoms with Crippen LogP contribution < -0.4 is 4.74 Å². The third kappa shape index (κ3) is 5.09. The number of fused-ring (bicyclic) bond motifs is 1. The Hall–Kier alpha value is -3.01. The standard InChI is InChI=1S/C27H28ClN3O5/c1-27(2,34)18-9-7-16(8-10-18)15-3-5-17(6-4-15)24-20(28)12-21-25(30-24)31-26(29-21)36-19-11-22(33)23(13-32)35-14-19/h3-10,12,19,22-23,32-34H,11,13-14H2,1-2H3,(H,29,30,31)/t19?,22-,23+/m0/s1. The van der Waals surface area contributed by atoms with Crippen molar-refractivity contribution in [2.45, 2.75) is 44.2 Å². The minimum atomic E-state index is -0.880. The van der Waals surface area contributed by atoms with Gasteiger partial charge >= 0.3 is 0 Å². The molecule has 36 heavy (non-hydrogen) atoms. The second kappa shape index (κ2) is 9.80. The minimum absolute atomic E-state index is 0.237. The predicted molar refractivity (Wildman–Crippen MR) is 137 cm³/mol. The van der Waals surface area contributed by atoms with Gasteiger partial charge in [-0.1, -0.05) is 60.1 Å². The molecule has 0 aliphatic carbocycles. The Kier molecular flexibility index (Phi) is 6.72. The van der Waals surface area contributed by atoms with E-state index in [1.54, 1.807) is 19.9 Å². The van der Waals surface area contributed by atoms with Crippen LogP contribution in [-0.4, -0.2) is 61.8 Å². The lowest BCUT2D eigenvalue weighted by Crippen LogP contribution is -2.45. The molecule has 4 aromatic rings. The summed E-state index contributed by atoms with van der Waals surface area (Å²) < 4.78 is 11.3. The van der Waals surface area contributed by atoms with Gasteiger partial charge in [0, 0.05) is 12.0 Å². The molecule has 1 aliphatic heterocycles. The van der Waals surface area contributed by atoms with Gasteiger partial charge in [0.15, 0.2) is 5.65 Å². The van der Waals surface area contributed by atoms with Gasteiger partial charge < -0.3 is 29.8 Å². The van der Waals surface area contributed by atoms with E-state index in [9.17, 15) is 15.3 Å². The highest BCUT2D eigenvalue weighted by molar-refractivity contribution is 6.33. The lowest BCUT2D eigenvalue weighted by atomic mass is 9.95. The summed E-state index contributed by atoms with van der Waals surface area (Å²) in [6.45, 7) is 3.53. The van der Waals surface area contributed by atoms with Gasteiger partial charge in [0.1, 0.15) is 12.2 Å². The van der Waals surface area contributed by atoms with Crippen molar-refractivity contribution in [3.8, 4) is 28.4 Å². The smallest absolute Gasteiger partial charge is 0.296 e. The zero-order valence-corrected chi connectivity index (χ0v) is 20.7. The van der Waals surface area contributed by atoms with Gasteiger partial charge in [-0.3, -0.25) is 0 Å². The summed E-state index contributed by atoms with van der Waals surface area (Å²) in [4.78, 5) is 12.1. The van der Waals surface area contributed by atoms with Crippen molar-refractivity contribution >= 4 is 22.8 Å². The summed E-state index contributed by atoms with van der Waals surface area (Å²) in [5.41, 5.74) is 4.60. The Bertz CT molecular complexity index is 1350. The molecule has 1 fully saturated rings. The number of ether oxygens (including phenoxy) is 2. The fourth-order valence-electron chi connectivity index (χ4n) is 4.29. The second-order valence-corrected chi connectivity index (χ2v) is 9.95. The molecule has 2 aromatic carbocycles. The average molecular weight is 510 g/mol. The monoisotopic (exact) mass is 509 g/mol. The molecule has 0 bridgehead atoms. The number of nitrogens with zero attached hydrogens (tertiary/aromatic N) is 2. The number of hydrogen-bond acceptors (Lipinski definition) is 7. The van der Waals surface area contributed by atoms with Gasteiger partial charge in [-0.2, -0.15) is 4.98 Å². The van der Waals surface area contributed by atoms with Gasteiger partial charge in [0.25, 0.3) is 6.01 Å². The highest BCUT2D eigenvalue weighted by atomic mass is 35.5. The molecule has 3 atom stereocenters. The molecule has 1 unspecified atom stereocenters. The van der Waals surface area contributed by atoms with Crippen LogP contribution in [-0.2, 0) is 10.3 Å². The molecule has 1 aliphatic rings. The van der Waals surface area contributed by atoms with Crippen molar-refractivity contribution in [1.82, 2.24) is 15.0 Å². The van der Waals surface area contributed by atoms with E-state index >= 15 is 0 Å². The number of pyridine rings is 1. The van der Waals surface area contributed by atoms with E-state index in [-0.39, 0.29) is 19.2 Å². The molecule has 0 radical (unpaired) electrons. The van der Waals surface area contributed by atoms with E-state index in [2.05, 4.69) is 15.0 Å². The molecule has 3 heterocycles. The number of aromatic amines is 1. The lowest BCUT2D eigenvalue weighted by molar-refractivity contribution is -0.131. The van der Waals surface area contributed by atoms with Crippen molar-refractivity contribution in [3.05, 3.63) is 65.2 Å². The van der Waals surface area contributed by atoms with Gasteiger partial charge in [-0.25, -0.2) is 4.98 Å². The summed E-state index contributed by atoms with van der Waals surface area (Å²) in [7, 11) is 0. The quantitative estimate of drug-likeness (QED) is 0.309. The van der Waals surface area contributed by atoms with Gasteiger partial charge in [0.2, 0.25) is 0 Å². The zero-order chi connectivity index (χ0) is 25.4. The Morgan fingerprint density at radius 3 is 2.31 bits per heavy atom. The first-order valence-corrected chi connectivity index (χ1v) is 12.2. The third-order valence-electron chi connectivity index (χ3n) is 6.38. The van der Waals surface area contributed by atoms with Gasteiger partial charge in [0.05, 0.1) is 41.2 Å². The summed E-state index contributed by atoms with van der Waals surface area (Å²) >= 11 is 6.56. The van der Waals surface area contributed by atoms with Gasteiger partial charge in [-0.15, -0.1) is 0 Å². The van der Waals surface area contributed by atoms with Crippen LogP contribution in [0, 0.1) is 0 Å². The van der Waals surface area contributed by atoms with E-state index in [0.29, 0.717) is 28.3 Å². The number of hydrogen-bond donors (Lipinski definition) is 4. The van der Waals surface area contributed by atoms with Crippen molar-refractivity contribution in [3.63, 3.8) is 0 Å². The van der Waals surface area contributed by atoms with Crippen LogP contribution in [0.5, 0.6) is 6.01 Å². The van der Waals surface area contributed by atoms with Gasteiger partial charge in [-0.05, 0) is 36.6 Å². The van der Waals surface area contributed by atoms with Crippen LogP contribution in [0.2, 0.25) is 5.02 Å². The largest absolute Gasteiger partial charge is 0.459 e. The Morgan fingerprint density at radius 2 is 1.69 bits per heavy atom. The Labute approximate surface area is 213 Å². The van der Waals surface area contributed by atoms with Crippen LogP contribution in [0.15, 0.2) is 54.6 Å². The number of aliphatic hydroxyl groups excluding tert-OH is 2. The van der Waals surface area contributed by atoms with E-state index in [0.717, 1.165) is 22.3 Å². The molecular formula is C27H28ClN3O5. The molecule has 4 N–H and O–H groups in total. The summed E-state index contributed by atoms with van der Waals surface area (Å²) in [5.74, 6) is 0. The normalized spacial score (nSPS) is 20.6. The van der Waals surface area contributed by atoms with Crippen molar-refractivity contribution in [2.24, 2.45) is 0 Å². The molecule has 9 heteroatoms. The number of aliphatic hydroxyl groups is 3. The first-order valence-electron chi connectivity index (χ1n) is 11.8. The number of imidazole rings is 1. The maximum atomic E-state index is 10.2. The first kappa shape index (κ1) is 24.7. The number of halogens is 1. The van der Waals surface area contributed by atoms with Crippen LogP contribution in [0.3, 0.4) is 0 Å². The minimum Gasteiger partial charge on any atom is -0.459 e. The second-order valence-electron chi connectivity index (χ2n) is 9.54. The highest BCUT2D eigenvalue weighted by Gasteiger charge is 2.31. The number of H-pyrrole nitrogens is 1. The summed E-state index contributed by atoms with van der Waals surface area (Å²) in [6, 6.07) is 17.8. The Balaban J connectivity index is 1.34. The maximum Gasteiger partial charge on any atom is 0.296 e. The molecule has 8 nitrogen and oxygen atoms in total. The van der Waals surface area contributed by atoms with Crippen LogP contribution in [0.4, 0.5) is 0 Å². The number of benzene rings is 2. The fourth-order valence-corrected chi connectivity index (χ4v) is 4.55. The fraction of sp³-hybridized carbons (Fsp3) is 0.333. The average Bonchev–Trinajstić information content (AvgIpc) is 3.24. The molecular weight excluding hydrogens is 482 g/mol. The number of rotatable bonds is 6. The SMILES string of the molecule is CC(C)(O)c1ccc(-c2ccc(-c3nc4nc(OC5CO[C@H](CO)[C@@H](O)C5)[nH]c4cc3Cl)cc2)cc1. The zero-order valence-electron chi connectivity index (χ0n) is 20.0. The Morgan fingerprint density at radius 1 is 1.06 bits per heavy atom. The molecule has 0 amide bonds. The molecule has 0 saturated carbocycles. The summed E-state index contributed by atoms with van der Waals surface area (Å²) in [5, 5.41) is 29.9. The maximum absolute atomic E-state index is 10.2. The lowest BCUT2D eigenvalue weighted by Gasteiger charge is -2.31. The topological polar surface area (TPSA) is 121 Å². The summed E-state index contributed by atoms with van der Waals surface area (Å²) in [6.07, 6.45) is -1.47. The predicted octanol–water partition coefficient (Wildman–Crippen LogP) is 4.06. The molecule has 0 spiro atoms. The van der Waals surface area contributed by atoms with Crippen molar-refractivity contribution < 1.29 is 24.8 Å². The van der Waals surface area contributed by atoms with E-state index in [1.165, 1.54) is 0 Å². The number of nitrogens with one attached hydrogen (secondary N) is 1.